The number of nitrogens with zero attached hydrogens (tertiary/aromatic N) is 2. The topological polar surface area (TPSA) is 78.3 Å². The van der Waals surface area contributed by atoms with E-state index in [9.17, 15) is 14.4 Å². The zero-order valence-electron chi connectivity index (χ0n) is 12.0. The smallest absolute Gasteiger partial charge is 0.308 e. The lowest BCUT2D eigenvalue weighted by molar-refractivity contribution is -0.131. The molecule has 1 aliphatic rings. The summed E-state index contributed by atoms with van der Waals surface area (Å²) in [6.45, 7) is 2.71. The Morgan fingerprint density at radius 1 is 1.14 bits per heavy atom. The molecule has 0 amide bonds. The molecule has 0 saturated heterocycles. The number of carbonyl (C=O) groups excluding carboxylic acids is 3. The first-order valence-corrected chi connectivity index (χ1v) is 6.61. The predicted molar refractivity (Wildman–Crippen MR) is 77.7 cm³/mol. The van der Waals surface area contributed by atoms with Crippen LogP contribution in [0.5, 0.6) is 5.75 Å². The van der Waals surface area contributed by atoms with Gasteiger partial charge in [-0.05, 0) is 35.9 Å². The zero-order valence-corrected chi connectivity index (χ0v) is 12.0. The van der Waals surface area contributed by atoms with Gasteiger partial charge in [0.05, 0.1) is 5.69 Å². The molecule has 110 valence electrons. The SMILES string of the molecule is CC(=O)Oc1ccc2c(c1)C(=O)C=C2c1ccn(C(C)=O)n1. The van der Waals surface area contributed by atoms with Crippen molar-refractivity contribution in [3.63, 3.8) is 0 Å². The molecule has 1 heterocycles. The van der Waals surface area contributed by atoms with Crippen LogP contribution in [0.15, 0.2) is 36.5 Å². The van der Waals surface area contributed by atoms with Gasteiger partial charge < -0.3 is 4.74 Å². The van der Waals surface area contributed by atoms with Crippen LogP contribution in [-0.4, -0.2) is 27.4 Å². The third-order valence-electron chi connectivity index (χ3n) is 3.27. The summed E-state index contributed by atoms with van der Waals surface area (Å²) in [5.41, 5.74) is 2.35. The third-order valence-corrected chi connectivity index (χ3v) is 3.27. The molecule has 2 aromatic rings. The number of allylic oxidation sites excluding steroid dienone is 1. The maximum Gasteiger partial charge on any atom is 0.308 e. The molecule has 0 atom stereocenters. The number of benzene rings is 1. The van der Waals surface area contributed by atoms with Gasteiger partial charge in [0, 0.05) is 31.2 Å². The van der Waals surface area contributed by atoms with Gasteiger partial charge in [-0.1, -0.05) is 0 Å². The second-order valence-corrected chi connectivity index (χ2v) is 4.89. The number of aromatic nitrogens is 2. The van der Waals surface area contributed by atoms with E-state index in [0.717, 1.165) is 0 Å². The fraction of sp³-hybridized carbons (Fsp3) is 0.125. The Labute approximate surface area is 126 Å². The molecule has 0 saturated carbocycles. The Bertz CT molecular complexity index is 846. The molecule has 1 aromatic carbocycles. The molecule has 0 aliphatic heterocycles. The molecule has 6 nitrogen and oxygen atoms in total. The van der Waals surface area contributed by atoms with Crippen molar-refractivity contribution < 1.29 is 19.1 Å². The summed E-state index contributed by atoms with van der Waals surface area (Å²) in [7, 11) is 0. The van der Waals surface area contributed by atoms with Crippen LogP contribution in [0.2, 0.25) is 0 Å². The lowest BCUT2D eigenvalue weighted by atomic mass is 10.0. The van der Waals surface area contributed by atoms with Gasteiger partial charge in [0.15, 0.2) is 5.78 Å². The van der Waals surface area contributed by atoms with Crippen LogP contribution in [-0.2, 0) is 4.79 Å². The predicted octanol–water partition coefficient (Wildman–Crippen LogP) is 2.10. The van der Waals surface area contributed by atoms with Crippen molar-refractivity contribution in [2.45, 2.75) is 13.8 Å². The van der Waals surface area contributed by atoms with E-state index in [1.807, 2.05) is 0 Å². The van der Waals surface area contributed by atoms with E-state index in [1.54, 1.807) is 24.4 Å². The molecule has 1 aromatic heterocycles. The summed E-state index contributed by atoms with van der Waals surface area (Å²) >= 11 is 0. The van der Waals surface area contributed by atoms with E-state index in [0.29, 0.717) is 28.1 Å². The second kappa shape index (κ2) is 5.07. The van der Waals surface area contributed by atoms with Gasteiger partial charge in [-0.25, -0.2) is 4.68 Å². The summed E-state index contributed by atoms with van der Waals surface area (Å²) < 4.78 is 6.20. The fourth-order valence-corrected chi connectivity index (χ4v) is 2.33. The minimum absolute atomic E-state index is 0.184. The van der Waals surface area contributed by atoms with Gasteiger partial charge in [0.25, 0.3) is 0 Å². The van der Waals surface area contributed by atoms with Crippen molar-refractivity contribution in [2.75, 3.05) is 0 Å². The Hall–Kier alpha value is -3.02. The van der Waals surface area contributed by atoms with E-state index in [-0.39, 0.29) is 11.7 Å². The Morgan fingerprint density at radius 3 is 2.55 bits per heavy atom. The summed E-state index contributed by atoms with van der Waals surface area (Å²) in [4.78, 5) is 34.4. The average molecular weight is 296 g/mol. The van der Waals surface area contributed by atoms with Crippen LogP contribution >= 0.6 is 0 Å². The summed E-state index contributed by atoms with van der Waals surface area (Å²) in [6, 6.07) is 6.53. The molecule has 0 unspecified atom stereocenters. The van der Waals surface area contributed by atoms with Crippen LogP contribution in [0.25, 0.3) is 5.57 Å². The van der Waals surface area contributed by atoms with Crippen LogP contribution < -0.4 is 4.74 Å². The fourth-order valence-electron chi connectivity index (χ4n) is 2.33. The molecule has 6 heteroatoms. The highest BCUT2D eigenvalue weighted by Gasteiger charge is 2.24. The van der Waals surface area contributed by atoms with Crippen molar-refractivity contribution >= 4 is 23.2 Å². The zero-order chi connectivity index (χ0) is 15.9. The lowest BCUT2D eigenvalue weighted by Gasteiger charge is -2.05. The number of carbonyl (C=O) groups is 3. The second-order valence-electron chi connectivity index (χ2n) is 4.89. The number of hydrogen-bond acceptors (Lipinski definition) is 5. The van der Waals surface area contributed by atoms with E-state index >= 15 is 0 Å². The molecule has 1 aliphatic carbocycles. The number of rotatable bonds is 2. The average Bonchev–Trinajstić information content (AvgIpc) is 3.04. The Kier molecular flexibility index (Phi) is 3.21. The normalized spacial score (nSPS) is 12.8. The molecule has 22 heavy (non-hydrogen) atoms. The molecule has 0 radical (unpaired) electrons. The Morgan fingerprint density at radius 2 is 1.91 bits per heavy atom. The maximum absolute atomic E-state index is 12.1. The summed E-state index contributed by atoms with van der Waals surface area (Å²) in [5.74, 6) is -0.514. The molecule has 0 bridgehead atoms. The van der Waals surface area contributed by atoms with Crippen LogP contribution in [0.3, 0.4) is 0 Å². The van der Waals surface area contributed by atoms with Crippen molar-refractivity contribution in [1.29, 1.82) is 0 Å². The Balaban J connectivity index is 2.00. The first-order chi connectivity index (χ1) is 10.5. The lowest BCUT2D eigenvalue weighted by Crippen LogP contribution is -2.06. The number of hydrogen-bond donors (Lipinski definition) is 0. The highest BCUT2D eigenvalue weighted by Crippen LogP contribution is 2.34. The molecular weight excluding hydrogens is 284 g/mol. The number of ether oxygens (including phenoxy) is 1. The quantitative estimate of drug-likeness (QED) is 0.626. The molecule has 3 rings (SSSR count). The molecule has 0 N–H and O–H groups in total. The van der Waals surface area contributed by atoms with Crippen molar-refractivity contribution in [2.24, 2.45) is 0 Å². The van der Waals surface area contributed by atoms with Gasteiger partial charge in [-0.3, -0.25) is 14.4 Å². The minimum Gasteiger partial charge on any atom is -0.427 e. The van der Waals surface area contributed by atoms with Crippen LogP contribution in [0.1, 0.15) is 40.3 Å². The van der Waals surface area contributed by atoms with E-state index in [1.165, 1.54) is 30.7 Å². The maximum atomic E-state index is 12.1. The van der Waals surface area contributed by atoms with E-state index in [2.05, 4.69) is 5.10 Å². The first kappa shape index (κ1) is 13.9. The largest absolute Gasteiger partial charge is 0.427 e. The highest BCUT2D eigenvalue weighted by atomic mass is 16.5. The van der Waals surface area contributed by atoms with Gasteiger partial charge in [0.1, 0.15) is 5.75 Å². The van der Waals surface area contributed by atoms with Crippen LogP contribution in [0.4, 0.5) is 0 Å². The third kappa shape index (κ3) is 2.35. The van der Waals surface area contributed by atoms with Gasteiger partial charge >= 0.3 is 5.97 Å². The number of ketones is 1. The molecule has 0 spiro atoms. The summed E-state index contributed by atoms with van der Waals surface area (Å²) in [5, 5.41) is 4.16. The standard InChI is InChI=1S/C16H12N2O4/c1-9(19)18-6-5-15(17-18)13-8-16(21)14-7-11(22-10(2)20)3-4-12(13)14/h3-8H,1-2H3. The molecular formula is C16H12N2O4. The van der Waals surface area contributed by atoms with Gasteiger partial charge in [0.2, 0.25) is 5.91 Å². The summed E-state index contributed by atoms with van der Waals surface area (Å²) in [6.07, 6.45) is 3.02. The monoisotopic (exact) mass is 296 g/mol. The van der Waals surface area contributed by atoms with Crippen LogP contribution in [0, 0.1) is 0 Å². The van der Waals surface area contributed by atoms with E-state index < -0.39 is 5.97 Å². The first-order valence-electron chi connectivity index (χ1n) is 6.61. The van der Waals surface area contributed by atoms with Gasteiger partial charge in [-0.2, -0.15) is 5.10 Å². The molecule has 0 fully saturated rings. The van der Waals surface area contributed by atoms with Crippen molar-refractivity contribution in [3.05, 3.63) is 53.4 Å². The highest BCUT2D eigenvalue weighted by molar-refractivity contribution is 6.18. The van der Waals surface area contributed by atoms with Gasteiger partial charge in [-0.15, -0.1) is 0 Å². The minimum atomic E-state index is -0.446. The van der Waals surface area contributed by atoms with Crippen molar-refractivity contribution in [3.8, 4) is 5.75 Å². The van der Waals surface area contributed by atoms with Crippen molar-refractivity contribution in [1.82, 2.24) is 9.78 Å². The number of esters is 1. The van der Waals surface area contributed by atoms with E-state index in [4.69, 9.17) is 4.74 Å². The number of fused-ring (bicyclic) bond motifs is 1.